The van der Waals surface area contributed by atoms with Gasteiger partial charge in [0.2, 0.25) is 0 Å². The zero-order valence-electron chi connectivity index (χ0n) is 12.1. The van der Waals surface area contributed by atoms with Crippen molar-refractivity contribution in [2.45, 2.75) is 46.0 Å². The molecular weight excluding hydrogens is 256 g/mol. The molecule has 2 nitrogen and oxygen atoms in total. The van der Waals surface area contributed by atoms with Crippen molar-refractivity contribution in [1.29, 1.82) is 0 Å². The Hall–Kier alpha value is -1.02. The lowest BCUT2D eigenvalue weighted by atomic mass is 10.1. The highest BCUT2D eigenvalue weighted by Crippen LogP contribution is 2.52. The van der Waals surface area contributed by atoms with Crippen LogP contribution in [-0.2, 0) is 6.54 Å². The molecule has 1 heterocycles. The van der Waals surface area contributed by atoms with E-state index in [-0.39, 0.29) is 5.38 Å². The zero-order valence-corrected chi connectivity index (χ0v) is 12.8. The van der Waals surface area contributed by atoms with E-state index in [0.29, 0.717) is 5.41 Å². The maximum Gasteiger partial charge on any atom is 0.127 e. The standard InChI is InChI=1S/C16H21ClN2/c1-10-5-6-14-13(7-10)18-15(11(2)17)19(14)9-12-8-16(12,3)4/h5-7,11-12H,8-9H2,1-4H3. The van der Waals surface area contributed by atoms with Crippen molar-refractivity contribution in [1.82, 2.24) is 9.55 Å². The smallest absolute Gasteiger partial charge is 0.127 e. The molecule has 3 heteroatoms. The van der Waals surface area contributed by atoms with Gasteiger partial charge in [-0.15, -0.1) is 11.6 Å². The van der Waals surface area contributed by atoms with Crippen LogP contribution < -0.4 is 0 Å². The number of hydrogen-bond donors (Lipinski definition) is 0. The third kappa shape index (κ3) is 2.27. The first-order valence-corrected chi connectivity index (χ1v) is 7.43. The fourth-order valence-electron chi connectivity index (χ4n) is 2.86. The second-order valence-electron chi connectivity index (χ2n) is 6.58. The summed E-state index contributed by atoms with van der Waals surface area (Å²) >= 11 is 6.31. The normalized spacial score (nSPS) is 22.7. The molecule has 1 aliphatic carbocycles. The molecule has 2 atom stereocenters. The number of halogens is 1. The third-order valence-corrected chi connectivity index (χ3v) is 4.60. The predicted octanol–water partition coefficient (Wildman–Crippen LogP) is 4.69. The van der Waals surface area contributed by atoms with Gasteiger partial charge in [0.25, 0.3) is 0 Å². The first-order chi connectivity index (χ1) is 8.88. The lowest BCUT2D eigenvalue weighted by Crippen LogP contribution is -2.08. The van der Waals surface area contributed by atoms with E-state index in [1.807, 2.05) is 6.92 Å². The summed E-state index contributed by atoms with van der Waals surface area (Å²) in [7, 11) is 0. The topological polar surface area (TPSA) is 17.8 Å². The van der Waals surface area contributed by atoms with Crippen LogP contribution in [0.4, 0.5) is 0 Å². The summed E-state index contributed by atoms with van der Waals surface area (Å²) in [6.45, 7) is 9.82. The highest BCUT2D eigenvalue weighted by molar-refractivity contribution is 6.20. The van der Waals surface area contributed by atoms with Gasteiger partial charge in [-0.05, 0) is 49.3 Å². The van der Waals surface area contributed by atoms with Crippen molar-refractivity contribution < 1.29 is 0 Å². The van der Waals surface area contributed by atoms with Gasteiger partial charge in [-0.1, -0.05) is 19.9 Å². The Bertz CT molecular complexity index is 625. The number of rotatable bonds is 3. The average molecular weight is 277 g/mol. The molecule has 0 amide bonds. The van der Waals surface area contributed by atoms with E-state index >= 15 is 0 Å². The van der Waals surface area contributed by atoms with E-state index in [9.17, 15) is 0 Å². The van der Waals surface area contributed by atoms with Crippen LogP contribution in [0.1, 0.15) is 44.0 Å². The molecule has 1 aliphatic rings. The molecule has 3 rings (SSSR count). The number of imidazole rings is 1. The van der Waals surface area contributed by atoms with Crippen LogP contribution >= 0.6 is 11.6 Å². The Morgan fingerprint density at radius 3 is 2.74 bits per heavy atom. The van der Waals surface area contributed by atoms with Crippen molar-refractivity contribution in [3.05, 3.63) is 29.6 Å². The first kappa shape index (κ1) is 13.0. The Morgan fingerprint density at radius 1 is 1.47 bits per heavy atom. The van der Waals surface area contributed by atoms with Crippen LogP contribution in [0, 0.1) is 18.3 Å². The molecule has 1 saturated carbocycles. The first-order valence-electron chi connectivity index (χ1n) is 6.99. The van der Waals surface area contributed by atoms with Gasteiger partial charge in [-0.25, -0.2) is 4.98 Å². The van der Waals surface area contributed by atoms with Crippen LogP contribution in [0.5, 0.6) is 0 Å². The van der Waals surface area contributed by atoms with E-state index in [1.165, 1.54) is 17.5 Å². The van der Waals surface area contributed by atoms with Gasteiger partial charge in [-0.3, -0.25) is 0 Å². The lowest BCUT2D eigenvalue weighted by molar-refractivity contribution is 0.495. The number of alkyl halides is 1. The third-order valence-electron chi connectivity index (χ3n) is 4.41. The maximum absolute atomic E-state index is 6.31. The fraction of sp³-hybridized carbons (Fsp3) is 0.562. The highest BCUT2D eigenvalue weighted by atomic mass is 35.5. The van der Waals surface area contributed by atoms with Crippen molar-refractivity contribution in [3.63, 3.8) is 0 Å². The lowest BCUT2D eigenvalue weighted by Gasteiger charge is -2.11. The van der Waals surface area contributed by atoms with Crippen LogP contribution in [0.25, 0.3) is 11.0 Å². The van der Waals surface area contributed by atoms with Crippen molar-refractivity contribution in [2.75, 3.05) is 0 Å². The second kappa shape index (κ2) is 4.24. The van der Waals surface area contributed by atoms with Gasteiger partial charge >= 0.3 is 0 Å². The van der Waals surface area contributed by atoms with Crippen molar-refractivity contribution >= 4 is 22.6 Å². The summed E-state index contributed by atoms with van der Waals surface area (Å²) in [6.07, 6.45) is 1.30. The number of nitrogens with zero attached hydrogens (tertiary/aromatic N) is 2. The minimum atomic E-state index is -0.0467. The fourth-order valence-corrected chi connectivity index (χ4v) is 3.03. The molecule has 0 spiro atoms. The number of hydrogen-bond acceptors (Lipinski definition) is 1. The van der Waals surface area contributed by atoms with Gasteiger partial charge in [0.15, 0.2) is 0 Å². The summed E-state index contributed by atoms with van der Waals surface area (Å²) in [5.74, 6) is 1.75. The minimum Gasteiger partial charge on any atom is -0.326 e. The average Bonchev–Trinajstić information content (AvgIpc) is 2.77. The largest absolute Gasteiger partial charge is 0.326 e. The molecule has 0 N–H and O–H groups in total. The van der Waals surface area contributed by atoms with Crippen LogP contribution in [0.2, 0.25) is 0 Å². The Kier molecular flexibility index (Phi) is 2.90. The molecular formula is C16H21ClN2. The van der Waals surface area contributed by atoms with Gasteiger partial charge in [-0.2, -0.15) is 0 Å². The van der Waals surface area contributed by atoms with Gasteiger partial charge in [0, 0.05) is 6.54 Å². The Morgan fingerprint density at radius 2 is 2.16 bits per heavy atom. The van der Waals surface area contributed by atoms with Crippen molar-refractivity contribution in [2.24, 2.45) is 11.3 Å². The molecule has 1 aromatic carbocycles. The molecule has 0 aliphatic heterocycles. The van der Waals surface area contributed by atoms with Crippen molar-refractivity contribution in [3.8, 4) is 0 Å². The monoisotopic (exact) mass is 276 g/mol. The van der Waals surface area contributed by atoms with E-state index in [0.717, 1.165) is 23.8 Å². The molecule has 2 aromatic rings. The van der Waals surface area contributed by atoms with E-state index in [1.54, 1.807) is 0 Å². The SMILES string of the molecule is Cc1ccc2c(c1)nc(C(C)Cl)n2CC1CC1(C)C. The van der Waals surface area contributed by atoms with E-state index < -0.39 is 0 Å². The van der Waals surface area contributed by atoms with E-state index in [2.05, 4.69) is 43.5 Å². The molecule has 19 heavy (non-hydrogen) atoms. The molecule has 0 bridgehead atoms. The summed E-state index contributed by atoms with van der Waals surface area (Å²) in [5.41, 5.74) is 4.02. The summed E-state index contributed by atoms with van der Waals surface area (Å²) in [5, 5.41) is -0.0467. The van der Waals surface area contributed by atoms with E-state index in [4.69, 9.17) is 16.6 Å². The van der Waals surface area contributed by atoms with Crippen LogP contribution in [-0.4, -0.2) is 9.55 Å². The zero-order chi connectivity index (χ0) is 13.8. The Labute approximate surface area is 119 Å². The number of fused-ring (bicyclic) bond motifs is 1. The molecule has 1 fully saturated rings. The molecule has 0 saturated heterocycles. The predicted molar refractivity (Wildman–Crippen MR) is 80.6 cm³/mol. The molecule has 0 radical (unpaired) electrons. The maximum atomic E-state index is 6.31. The summed E-state index contributed by atoms with van der Waals surface area (Å²) in [6, 6.07) is 6.48. The summed E-state index contributed by atoms with van der Waals surface area (Å²) in [4.78, 5) is 4.73. The number of aromatic nitrogens is 2. The molecule has 2 unspecified atom stereocenters. The van der Waals surface area contributed by atoms with Gasteiger partial charge < -0.3 is 4.57 Å². The highest BCUT2D eigenvalue weighted by Gasteiger charge is 2.45. The second-order valence-corrected chi connectivity index (χ2v) is 7.23. The molecule has 102 valence electrons. The number of benzene rings is 1. The Balaban J connectivity index is 2.07. The quantitative estimate of drug-likeness (QED) is 0.744. The van der Waals surface area contributed by atoms with Crippen LogP contribution in [0.15, 0.2) is 18.2 Å². The number of aryl methyl sites for hydroxylation is 1. The molecule has 1 aromatic heterocycles. The van der Waals surface area contributed by atoms with Gasteiger partial charge in [0.1, 0.15) is 5.82 Å². The van der Waals surface area contributed by atoms with Crippen LogP contribution in [0.3, 0.4) is 0 Å². The van der Waals surface area contributed by atoms with Gasteiger partial charge in [0.05, 0.1) is 16.4 Å². The summed E-state index contributed by atoms with van der Waals surface area (Å²) < 4.78 is 2.33. The minimum absolute atomic E-state index is 0.0467.